The Morgan fingerprint density at radius 1 is 0.348 bits per heavy atom. The van der Waals surface area contributed by atoms with Crippen LogP contribution in [0.25, 0.3) is 0 Å². The second-order valence-electron chi connectivity index (χ2n) is 19.2. The molecule has 8 bridgehead atoms. The number of piperidine rings is 4. The summed E-state index contributed by atoms with van der Waals surface area (Å²) in [6, 6.07) is 2.39. The third-order valence-corrected chi connectivity index (χ3v) is 17.0. The van der Waals surface area contributed by atoms with Crippen LogP contribution in [0.15, 0.2) is 0 Å². The van der Waals surface area contributed by atoms with Crippen molar-refractivity contribution in [1.82, 2.24) is 42.5 Å². The Morgan fingerprint density at radius 2 is 0.493 bits per heavy atom. The summed E-state index contributed by atoms with van der Waals surface area (Å²) in [5.41, 5.74) is 0. The van der Waals surface area contributed by atoms with Crippen LogP contribution < -0.4 is 62.1 Å². The number of quaternary nitrogens is 4. The Hall–Kier alpha value is -0.481. The molecule has 1 radical (unpaired) electrons. The van der Waals surface area contributed by atoms with Crippen molar-refractivity contribution < 1.29 is 105 Å². The van der Waals surface area contributed by atoms with Crippen LogP contribution in [0.2, 0.25) is 0 Å². The monoisotopic (exact) mass is 1120 g/mol. The van der Waals surface area contributed by atoms with Gasteiger partial charge in [0.15, 0.2) is 0 Å². The smallest absolute Gasteiger partial charge is 0.217 e. The zero-order valence-corrected chi connectivity index (χ0v) is 44.4. The Balaban J connectivity index is 0.000000345. The van der Waals surface area contributed by atoms with Crippen molar-refractivity contribution in [2.75, 3.05) is 82.8 Å². The summed E-state index contributed by atoms with van der Waals surface area (Å²) in [6.07, 6.45) is 13.3. The van der Waals surface area contributed by atoms with Gasteiger partial charge in [-0.15, -0.1) is 0 Å². The van der Waals surface area contributed by atoms with Crippen LogP contribution in [0.3, 0.4) is 0 Å². The van der Waals surface area contributed by atoms with Crippen molar-refractivity contribution in [3.63, 3.8) is 0 Å². The minimum Gasteiger partial charge on any atom is -0.726 e. The molecule has 0 amide bonds. The van der Waals surface area contributed by atoms with Crippen LogP contribution in [0.5, 0.6) is 0 Å². The molecule has 0 aromatic heterocycles. The molecular weight excluding hydrogens is 1050 g/mol. The van der Waals surface area contributed by atoms with E-state index >= 15 is 0 Å². The quantitative estimate of drug-likeness (QED) is 0.0706. The zero-order valence-electron chi connectivity index (χ0n) is 40.2. The molecule has 33 heteroatoms. The van der Waals surface area contributed by atoms with E-state index in [0.29, 0.717) is 97.2 Å². The van der Waals surface area contributed by atoms with Crippen molar-refractivity contribution in [3.8, 4) is 0 Å². The van der Waals surface area contributed by atoms with Gasteiger partial charge in [-0.25, -0.2) is 33.7 Å². The second-order valence-corrected chi connectivity index (χ2v) is 23.8. The summed E-state index contributed by atoms with van der Waals surface area (Å²) < 4.78 is 124. The van der Waals surface area contributed by atoms with Gasteiger partial charge in [-0.3, -0.25) is 59.3 Å². The molecule has 12 unspecified atom stereocenters. The minimum atomic E-state index is -4.41. The Labute approximate surface area is 418 Å². The van der Waals surface area contributed by atoms with Gasteiger partial charge in [-0.2, -0.15) is 0 Å². The first-order valence-corrected chi connectivity index (χ1v) is 28.5. The average Bonchev–Trinajstić information content (AvgIpc) is 4.00. The van der Waals surface area contributed by atoms with Gasteiger partial charge in [0.1, 0.15) is 48.8 Å². The SMILES string of the molecule is COS(=O)(=O)[O-].COS(=O)(=O)[O-].COS(=O)(=O)[O-].COS(=O)(=O)[O-].C[NH+]1CCCC2C3NC(NC4NC(NC5NC(NC6NC(N3)C3C6CCC[NH+]3C)C3C5CCC[NH+]3C)C3C4CCC[NH+]3C)C21.[Cu]. The van der Waals surface area contributed by atoms with Gasteiger partial charge in [0.2, 0.25) is 41.6 Å². The normalized spacial score (nSPS) is 42.5. The van der Waals surface area contributed by atoms with E-state index in [0.717, 1.165) is 28.4 Å². The van der Waals surface area contributed by atoms with Crippen LogP contribution in [-0.2, 0) is 75.4 Å². The third kappa shape index (κ3) is 16.8. The number of nitrogens with one attached hydrogen (secondary N) is 12. The number of likely N-dealkylation sites (N-methyl/N-ethyl adjacent to an activating group) is 4. The van der Waals surface area contributed by atoms with Gasteiger partial charge in [-0.05, 0) is 51.4 Å². The summed E-state index contributed by atoms with van der Waals surface area (Å²) in [5, 5.41) is 34.0. The number of hydrogen-bond acceptors (Lipinski definition) is 24. The summed E-state index contributed by atoms with van der Waals surface area (Å²) in [5.74, 6) is 2.60. The molecule has 411 valence electrons. The number of rotatable bonds is 4. The Morgan fingerprint density at radius 3 is 0.623 bits per heavy atom. The summed E-state index contributed by atoms with van der Waals surface area (Å²) >= 11 is 0. The maximum atomic E-state index is 9.22. The van der Waals surface area contributed by atoms with E-state index in [-0.39, 0.29) is 17.1 Å². The number of fused-ring (bicyclic) bond motifs is 20. The maximum absolute atomic E-state index is 9.22. The van der Waals surface area contributed by atoms with E-state index in [2.05, 4.69) is 87.5 Å². The van der Waals surface area contributed by atoms with Crippen LogP contribution in [0.1, 0.15) is 51.4 Å². The molecule has 12 atom stereocenters. The van der Waals surface area contributed by atoms with Gasteiger partial charge in [-0.1, -0.05) is 0 Å². The maximum Gasteiger partial charge on any atom is 0.217 e. The molecule has 0 spiro atoms. The predicted octanol–water partition coefficient (Wildman–Crippen LogP) is -11.1. The Bertz CT molecular complexity index is 1790. The molecule has 0 aromatic rings. The Kier molecular flexibility index (Phi) is 22.9. The molecule has 9 aliphatic heterocycles. The molecular formula is C36H76CuN12O16S4. The first-order valence-electron chi connectivity index (χ1n) is 23.1. The van der Waals surface area contributed by atoms with Crippen molar-refractivity contribution in [1.29, 1.82) is 0 Å². The first kappa shape index (κ1) is 61.1. The molecule has 9 saturated heterocycles. The van der Waals surface area contributed by atoms with Crippen molar-refractivity contribution in [2.45, 2.75) is 125 Å². The van der Waals surface area contributed by atoms with Gasteiger partial charge in [0.25, 0.3) is 0 Å². The van der Waals surface area contributed by atoms with Crippen molar-refractivity contribution in [2.24, 2.45) is 23.7 Å². The molecule has 9 fully saturated rings. The molecule has 69 heavy (non-hydrogen) atoms. The average molecular weight is 1120 g/mol. The largest absolute Gasteiger partial charge is 0.726 e. The zero-order chi connectivity index (χ0) is 50.5. The fourth-order valence-electron chi connectivity index (χ4n) is 12.7. The molecule has 0 aromatic carbocycles. The topological polar surface area (TPSA) is 380 Å². The van der Waals surface area contributed by atoms with Crippen LogP contribution in [0, 0.1) is 23.7 Å². The van der Waals surface area contributed by atoms with Gasteiger partial charge in [0, 0.05) is 40.7 Å². The molecule has 0 aliphatic carbocycles. The van der Waals surface area contributed by atoms with Crippen molar-refractivity contribution >= 4 is 41.6 Å². The first-order chi connectivity index (χ1) is 31.7. The summed E-state index contributed by atoms with van der Waals surface area (Å²) in [7, 11) is -4.60. The van der Waals surface area contributed by atoms with Gasteiger partial charge >= 0.3 is 0 Å². The number of hydrogen-bond donors (Lipinski definition) is 12. The van der Waals surface area contributed by atoms with Crippen LogP contribution >= 0.6 is 0 Å². The van der Waals surface area contributed by atoms with Crippen LogP contribution in [0.4, 0.5) is 0 Å². The standard InChI is InChI=1S/C32H60N12.4CH4O4S.Cu/c1-41-13-5-9-17-21(41)29-33-25(17)38-30-23-19(11-7-15-43(23)3)27(35-30)40-32-24-20(12-8-16-44(24)4)28(36-32)39-31-22-18(26(34-31)37-29)10-6-14-42(22)2;4*1-5-6(2,3)4;/h17-40H,5-16H2,1-4H3;4*1H3,(H,2,3,4);. The molecule has 0 saturated carbocycles. The second kappa shape index (κ2) is 25.8. The van der Waals surface area contributed by atoms with Gasteiger partial charge < -0.3 is 37.8 Å². The molecule has 9 rings (SSSR count). The summed E-state index contributed by atoms with van der Waals surface area (Å²) in [4.78, 5) is 6.83. The minimum absolute atomic E-state index is 0. The van der Waals surface area contributed by atoms with E-state index in [1.165, 1.54) is 77.5 Å². The van der Waals surface area contributed by atoms with E-state index in [9.17, 15) is 51.9 Å². The summed E-state index contributed by atoms with van der Waals surface area (Å²) in [6.45, 7) is 5.14. The van der Waals surface area contributed by atoms with E-state index < -0.39 is 41.6 Å². The molecule has 28 nitrogen and oxygen atoms in total. The van der Waals surface area contributed by atoms with E-state index in [1.54, 1.807) is 19.6 Å². The third-order valence-electron chi connectivity index (χ3n) is 15.4. The number of likely N-dealkylation sites (tertiary alicyclic amines) is 4. The van der Waals surface area contributed by atoms with Crippen LogP contribution in [-0.4, -0.2) is 208 Å². The van der Waals surface area contributed by atoms with E-state index in [1.807, 2.05) is 0 Å². The molecule has 9 aliphatic rings. The fraction of sp³-hybridized carbons (Fsp3) is 1.00. The molecule has 12 N–H and O–H groups in total. The van der Waals surface area contributed by atoms with Crippen molar-refractivity contribution in [3.05, 3.63) is 0 Å². The van der Waals surface area contributed by atoms with E-state index in [4.69, 9.17) is 0 Å². The predicted molar refractivity (Wildman–Crippen MR) is 235 cm³/mol. The fourth-order valence-corrected chi connectivity index (χ4v) is 12.7. The van der Waals surface area contributed by atoms with Gasteiger partial charge in [0.05, 0.1) is 107 Å². The molecule has 9 heterocycles.